The summed E-state index contributed by atoms with van der Waals surface area (Å²) in [4.78, 5) is 14.9. The van der Waals surface area contributed by atoms with Crippen molar-refractivity contribution in [3.8, 4) is 0 Å². The fraction of sp³-hybridized carbons (Fsp3) is 0.696. The van der Waals surface area contributed by atoms with Gasteiger partial charge in [-0.05, 0) is 63.6 Å². The van der Waals surface area contributed by atoms with Crippen LogP contribution in [0.25, 0.3) is 11.1 Å². The molecule has 1 saturated heterocycles. The minimum absolute atomic E-state index is 0. The predicted octanol–water partition coefficient (Wildman–Crippen LogP) is 5.04. The number of fused-ring (bicyclic) bond motifs is 1. The van der Waals surface area contributed by atoms with Crippen molar-refractivity contribution in [2.24, 2.45) is 0 Å². The monoisotopic (exact) mass is 492 g/mol. The van der Waals surface area contributed by atoms with Crippen LogP contribution < -0.4 is 5.76 Å². The lowest BCUT2D eigenvalue weighted by Crippen LogP contribution is -2.53. The van der Waals surface area contributed by atoms with E-state index >= 15 is 0 Å². The van der Waals surface area contributed by atoms with Crippen LogP contribution in [0.3, 0.4) is 0 Å². The average Bonchev–Trinajstić information content (AvgIpc) is 3.10. The lowest BCUT2D eigenvalue weighted by atomic mass is 9.79. The minimum Gasteiger partial charge on any atom is -0.408 e. The first-order valence-electron chi connectivity index (χ1n) is 11.3. The second kappa shape index (κ2) is 10.4. The van der Waals surface area contributed by atoms with Gasteiger partial charge in [0.25, 0.3) is 0 Å². The van der Waals surface area contributed by atoms with Gasteiger partial charge in [0.05, 0.1) is 30.4 Å². The Kier molecular flexibility index (Phi) is 8.19. The predicted molar refractivity (Wildman–Crippen MR) is 121 cm³/mol. The molecule has 0 atom stereocenters. The smallest absolute Gasteiger partial charge is 0.408 e. The highest BCUT2D eigenvalue weighted by atomic mass is 35.5. The molecule has 4 rings (SSSR count). The maximum atomic E-state index is 13.2. The fourth-order valence-electron chi connectivity index (χ4n) is 5.21. The van der Waals surface area contributed by atoms with Crippen LogP contribution in [0, 0.1) is 0 Å². The molecule has 0 amide bonds. The summed E-state index contributed by atoms with van der Waals surface area (Å²) in [6, 6.07) is 3.05. The number of benzene rings is 1. The first-order valence-corrected chi connectivity index (χ1v) is 11.3. The number of alkyl halides is 3. The molecule has 0 bridgehead atoms. The molecule has 10 heteroatoms. The van der Waals surface area contributed by atoms with Gasteiger partial charge in [-0.15, -0.1) is 12.4 Å². The molecule has 2 heterocycles. The summed E-state index contributed by atoms with van der Waals surface area (Å²) in [5, 5.41) is 0. The number of piperidine rings is 1. The highest BCUT2D eigenvalue weighted by Crippen LogP contribution is 2.38. The van der Waals surface area contributed by atoms with Crippen molar-refractivity contribution in [2.75, 3.05) is 33.4 Å². The number of aromatic nitrogens is 1. The molecule has 2 aromatic rings. The van der Waals surface area contributed by atoms with Gasteiger partial charge in [0.2, 0.25) is 0 Å². The lowest BCUT2D eigenvalue weighted by Gasteiger charge is -2.48. The normalized spacial score (nSPS) is 25.3. The van der Waals surface area contributed by atoms with E-state index in [0.29, 0.717) is 26.1 Å². The number of halogens is 4. The largest absolute Gasteiger partial charge is 0.420 e. The number of rotatable bonds is 6. The van der Waals surface area contributed by atoms with Crippen molar-refractivity contribution in [3.63, 3.8) is 0 Å². The van der Waals surface area contributed by atoms with Crippen LogP contribution in [0.4, 0.5) is 13.2 Å². The zero-order valence-electron chi connectivity index (χ0n) is 19.0. The first kappa shape index (κ1) is 26.1. The standard InChI is InChI=1S/C23H31F3N2O4.ClH/c1-22(9-5-18(6-10-22)31-14-13-30-2)27-11-7-17(8-12-27)28-19-15-16(23(24,25)26)3-4-20(19)32-21(28)29;/h3-4,15,17-18H,5-14H2,1-2H3;1H/t18-,22-;. The van der Waals surface area contributed by atoms with E-state index < -0.39 is 17.5 Å². The van der Waals surface area contributed by atoms with Crippen molar-refractivity contribution in [3.05, 3.63) is 34.3 Å². The molecule has 0 N–H and O–H groups in total. The Morgan fingerprint density at radius 1 is 1.12 bits per heavy atom. The summed E-state index contributed by atoms with van der Waals surface area (Å²) in [5.41, 5.74) is -0.264. The maximum Gasteiger partial charge on any atom is 0.420 e. The molecular formula is C23H32ClF3N2O4. The highest BCUT2D eigenvalue weighted by Gasteiger charge is 2.39. The average molecular weight is 493 g/mol. The van der Waals surface area contributed by atoms with E-state index in [0.717, 1.165) is 50.9 Å². The number of methoxy groups -OCH3 is 1. The lowest BCUT2D eigenvalue weighted by molar-refractivity contribution is -0.137. The minimum atomic E-state index is -4.46. The molecule has 2 fully saturated rings. The maximum absolute atomic E-state index is 13.2. The quantitative estimate of drug-likeness (QED) is 0.529. The molecule has 0 unspecified atom stereocenters. The fourth-order valence-corrected chi connectivity index (χ4v) is 5.21. The van der Waals surface area contributed by atoms with E-state index in [-0.39, 0.29) is 41.2 Å². The van der Waals surface area contributed by atoms with Crippen LogP contribution in [-0.4, -0.2) is 54.5 Å². The van der Waals surface area contributed by atoms with Gasteiger partial charge in [0.1, 0.15) is 0 Å². The third-order valence-electron chi connectivity index (χ3n) is 7.18. The summed E-state index contributed by atoms with van der Waals surface area (Å²) < 4.78 is 57.1. The molecule has 1 aliphatic carbocycles. The molecular weight excluding hydrogens is 461 g/mol. The van der Waals surface area contributed by atoms with Gasteiger partial charge < -0.3 is 13.9 Å². The second-order valence-electron chi connectivity index (χ2n) is 9.20. The van der Waals surface area contributed by atoms with E-state index in [1.165, 1.54) is 10.6 Å². The van der Waals surface area contributed by atoms with E-state index in [2.05, 4.69) is 11.8 Å². The van der Waals surface area contributed by atoms with Crippen LogP contribution in [0.15, 0.2) is 27.4 Å². The number of hydrogen-bond donors (Lipinski definition) is 0. The van der Waals surface area contributed by atoms with Gasteiger partial charge >= 0.3 is 11.9 Å². The number of oxazole rings is 1. The molecule has 1 aliphatic heterocycles. The van der Waals surface area contributed by atoms with Gasteiger partial charge in [-0.3, -0.25) is 9.47 Å². The Morgan fingerprint density at radius 2 is 1.79 bits per heavy atom. The van der Waals surface area contributed by atoms with E-state index in [4.69, 9.17) is 13.9 Å². The van der Waals surface area contributed by atoms with Crippen LogP contribution in [0.2, 0.25) is 0 Å². The Labute approximate surface area is 197 Å². The molecule has 6 nitrogen and oxygen atoms in total. The molecule has 0 spiro atoms. The van der Waals surface area contributed by atoms with E-state index in [1.54, 1.807) is 7.11 Å². The van der Waals surface area contributed by atoms with E-state index in [9.17, 15) is 18.0 Å². The molecule has 1 aromatic carbocycles. The molecule has 1 aromatic heterocycles. The second-order valence-corrected chi connectivity index (χ2v) is 9.20. The van der Waals surface area contributed by atoms with Crippen LogP contribution >= 0.6 is 12.4 Å². The number of nitrogens with zero attached hydrogens (tertiary/aromatic N) is 2. The number of likely N-dealkylation sites (tertiary alicyclic amines) is 1. The van der Waals surface area contributed by atoms with Gasteiger partial charge in [0, 0.05) is 31.8 Å². The Bertz CT molecular complexity index is 974. The summed E-state index contributed by atoms with van der Waals surface area (Å²) in [6.07, 6.45) is 1.31. The van der Waals surface area contributed by atoms with Gasteiger partial charge in [0.15, 0.2) is 5.58 Å². The number of hydrogen-bond acceptors (Lipinski definition) is 5. The topological polar surface area (TPSA) is 56.8 Å². The molecule has 2 aliphatic rings. The summed E-state index contributed by atoms with van der Waals surface area (Å²) in [7, 11) is 1.67. The Balaban J connectivity index is 0.00000306. The van der Waals surface area contributed by atoms with Crippen molar-refractivity contribution in [2.45, 2.75) is 69.3 Å². The number of ether oxygens (including phenoxy) is 2. The molecule has 186 valence electrons. The van der Waals surface area contributed by atoms with Crippen LogP contribution in [-0.2, 0) is 15.7 Å². The van der Waals surface area contributed by atoms with Crippen LogP contribution in [0.5, 0.6) is 0 Å². The first-order chi connectivity index (χ1) is 15.2. The van der Waals surface area contributed by atoms with Gasteiger partial charge in [-0.2, -0.15) is 13.2 Å². The molecule has 33 heavy (non-hydrogen) atoms. The van der Waals surface area contributed by atoms with Crippen molar-refractivity contribution < 1.29 is 27.1 Å². The highest BCUT2D eigenvalue weighted by molar-refractivity contribution is 5.85. The zero-order chi connectivity index (χ0) is 22.9. The van der Waals surface area contributed by atoms with Gasteiger partial charge in [-0.25, -0.2) is 4.79 Å². The Morgan fingerprint density at radius 3 is 2.39 bits per heavy atom. The summed E-state index contributed by atoms with van der Waals surface area (Å²) in [5.74, 6) is -0.585. The third kappa shape index (κ3) is 5.58. The van der Waals surface area contributed by atoms with Crippen molar-refractivity contribution in [1.29, 1.82) is 0 Å². The van der Waals surface area contributed by atoms with Crippen molar-refractivity contribution >= 4 is 23.5 Å². The SMILES string of the molecule is COCCO[C@H]1CC[C@](C)(N2CCC(n3c(=O)oc4ccc(C(F)(F)F)cc43)CC2)CC1.Cl. The zero-order valence-corrected chi connectivity index (χ0v) is 19.8. The van der Waals surface area contributed by atoms with Gasteiger partial charge in [-0.1, -0.05) is 0 Å². The van der Waals surface area contributed by atoms with Crippen molar-refractivity contribution in [1.82, 2.24) is 9.47 Å². The summed E-state index contributed by atoms with van der Waals surface area (Å²) in [6.45, 7) is 5.11. The summed E-state index contributed by atoms with van der Waals surface area (Å²) >= 11 is 0. The molecule has 1 saturated carbocycles. The van der Waals surface area contributed by atoms with E-state index in [1.807, 2.05) is 0 Å². The van der Waals surface area contributed by atoms with Crippen LogP contribution in [0.1, 0.15) is 57.1 Å². The molecule has 0 radical (unpaired) electrons. The third-order valence-corrected chi connectivity index (χ3v) is 7.18. The Hall–Kier alpha value is -1.55.